The predicted molar refractivity (Wildman–Crippen MR) is 113 cm³/mol. The van der Waals surface area contributed by atoms with E-state index in [1.807, 2.05) is 25.5 Å². The number of aryl methyl sites for hydroxylation is 1. The topological polar surface area (TPSA) is 94.9 Å². The SMILES string of the molecule is Cc1cc(C(=O)COC(=O)c2ccc(Br)c(S(=O)(=O)N3CCOCC3)c2)c(C)n1C. The van der Waals surface area contributed by atoms with Crippen molar-refractivity contribution in [2.24, 2.45) is 7.05 Å². The van der Waals surface area contributed by atoms with Gasteiger partial charge in [-0.25, -0.2) is 13.2 Å². The average Bonchev–Trinajstić information content (AvgIpc) is 3.00. The smallest absolute Gasteiger partial charge is 0.338 e. The number of Topliss-reactive ketones (excluding diaryl/α,β-unsaturated/α-hetero) is 1. The molecule has 2 aromatic rings. The largest absolute Gasteiger partial charge is 0.454 e. The minimum Gasteiger partial charge on any atom is -0.454 e. The Labute approximate surface area is 183 Å². The van der Waals surface area contributed by atoms with E-state index in [0.717, 1.165) is 11.4 Å². The number of aromatic nitrogens is 1. The third-order valence-electron chi connectivity index (χ3n) is 5.16. The molecule has 1 aliphatic rings. The van der Waals surface area contributed by atoms with Crippen LogP contribution in [0.3, 0.4) is 0 Å². The number of ether oxygens (including phenoxy) is 2. The first kappa shape index (κ1) is 22.7. The number of benzene rings is 1. The van der Waals surface area contributed by atoms with Gasteiger partial charge in [-0.15, -0.1) is 0 Å². The van der Waals surface area contributed by atoms with Gasteiger partial charge in [0.05, 0.1) is 23.7 Å². The van der Waals surface area contributed by atoms with Crippen LogP contribution in [0.5, 0.6) is 0 Å². The van der Waals surface area contributed by atoms with Crippen molar-refractivity contribution < 1.29 is 27.5 Å². The van der Waals surface area contributed by atoms with Crippen LogP contribution in [0.15, 0.2) is 33.6 Å². The third kappa shape index (κ3) is 4.51. The number of morpholine rings is 1. The summed E-state index contributed by atoms with van der Waals surface area (Å²) < 4.78 is 39.8. The van der Waals surface area contributed by atoms with E-state index in [9.17, 15) is 18.0 Å². The van der Waals surface area contributed by atoms with Crippen LogP contribution in [0.2, 0.25) is 0 Å². The second-order valence-corrected chi connectivity index (χ2v) is 9.77. The Bertz CT molecular complexity index is 1090. The van der Waals surface area contributed by atoms with Crippen LogP contribution in [-0.2, 0) is 26.5 Å². The zero-order chi connectivity index (χ0) is 22.1. The van der Waals surface area contributed by atoms with Crippen LogP contribution < -0.4 is 0 Å². The number of carbonyl (C=O) groups is 2. The summed E-state index contributed by atoms with van der Waals surface area (Å²) >= 11 is 3.25. The molecule has 0 aliphatic carbocycles. The van der Waals surface area contributed by atoms with Gasteiger partial charge >= 0.3 is 5.97 Å². The Morgan fingerprint density at radius 3 is 2.43 bits per heavy atom. The molecule has 0 bridgehead atoms. The number of rotatable bonds is 6. The number of hydrogen-bond acceptors (Lipinski definition) is 6. The minimum atomic E-state index is -3.80. The summed E-state index contributed by atoms with van der Waals surface area (Å²) in [4.78, 5) is 24.9. The van der Waals surface area contributed by atoms with Gasteiger partial charge in [0.1, 0.15) is 0 Å². The quantitative estimate of drug-likeness (QED) is 0.448. The maximum atomic E-state index is 12.9. The number of hydrogen-bond donors (Lipinski definition) is 0. The van der Waals surface area contributed by atoms with Gasteiger partial charge in [0, 0.05) is 41.6 Å². The predicted octanol–water partition coefficient (Wildman–Crippen LogP) is 2.47. The highest BCUT2D eigenvalue weighted by Crippen LogP contribution is 2.27. The average molecular weight is 499 g/mol. The van der Waals surface area contributed by atoms with Crippen molar-refractivity contribution >= 4 is 37.7 Å². The standard InChI is InChI=1S/C20H23BrN2O6S/c1-13-10-16(14(2)22(13)3)18(24)12-29-20(25)15-4-5-17(21)19(11-15)30(26,27)23-6-8-28-9-7-23/h4-5,10-11H,6-9,12H2,1-3H3. The molecule has 1 aromatic heterocycles. The molecule has 0 atom stereocenters. The van der Waals surface area contributed by atoms with E-state index in [1.165, 1.54) is 22.5 Å². The highest BCUT2D eigenvalue weighted by atomic mass is 79.9. The molecular weight excluding hydrogens is 476 g/mol. The van der Waals surface area contributed by atoms with Crippen LogP contribution in [0.1, 0.15) is 32.1 Å². The first-order chi connectivity index (χ1) is 14.1. The molecule has 0 spiro atoms. The van der Waals surface area contributed by atoms with Crippen molar-refractivity contribution in [3.05, 3.63) is 51.3 Å². The Hall–Kier alpha value is -2.01. The van der Waals surface area contributed by atoms with Gasteiger partial charge in [-0.2, -0.15) is 4.31 Å². The number of halogens is 1. The molecule has 3 rings (SSSR count). The van der Waals surface area contributed by atoms with Gasteiger partial charge in [-0.1, -0.05) is 0 Å². The molecule has 30 heavy (non-hydrogen) atoms. The lowest BCUT2D eigenvalue weighted by Crippen LogP contribution is -2.40. The Kier molecular flexibility index (Phi) is 6.81. The summed E-state index contributed by atoms with van der Waals surface area (Å²) in [6, 6.07) is 5.95. The highest BCUT2D eigenvalue weighted by molar-refractivity contribution is 9.10. The second-order valence-electron chi connectivity index (χ2n) is 7.00. The van der Waals surface area contributed by atoms with Gasteiger partial charge in [0.25, 0.3) is 0 Å². The molecule has 0 radical (unpaired) electrons. The molecule has 162 valence electrons. The second kappa shape index (κ2) is 9.01. The fourth-order valence-corrected chi connectivity index (χ4v) is 5.54. The van der Waals surface area contributed by atoms with Gasteiger partial charge < -0.3 is 14.0 Å². The van der Waals surface area contributed by atoms with E-state index in [2.05, 4.69) is 15.9 Å². The molecule has 0 saturated carbocycles. The van der Waals surface area contributed by atoms with E-state index < -0.39 is 22.6 Å². The fraction of sp³-hybridized carbons (Fsp3) is 0.400. The summed E-state index contributed by atoms with van der Waals surface area (Å²) in [6.45, 7) is 4.40. The number of sulfonamides is 1. The van der Waals surface area contributed by atoms with Gasteiger partial charge in [0.15, 0.2) is 6.61 Å². The summed E-state index contributed by atoms with van der Waals surface area (Å²) in [5, 5.41) is 0. The lowest BCUT2D eigenvalue weighted by atomic mass is 10.1. The molecular formula is C20H23BrN2O6S. The Morgan fingerprint density at radius 1 is 1.17 bits per heavy atom. The molecule has 1 fully saturated rings. The molecule has 0 amide bonds. The maximum absolute atomic E-state index is 12.9. The summed E-state index contributed by atoms with van der Waals surface area (Å²) in [5.41, 5.74) is 2.26. The van der Waals surface area contributed by atoms with Gasteiger partial charge in [0.2, 0.25) is 15.8 Å². The molecule has 1 aliphatic heterocycles. The lowest BCUT2D eigenvalue weighted by Gasteiger charge is -2.26. The van der Waals surface area contributed by atoms with Crippen LogP contribution in [-0.4, -0.2) is 62.0 Å². The van der Waals surface area contributed by atoms with Crippen molar-refractivity contribution in [3.8, 4) is 0 Å². The monoisotopic (exact) mass is 498 g/mol. The van der Waals surface area contributed by atoms with Crippen molar-refractivity contribution in [2.45, 2.75) is 18.7 Å². The van der Waals surface area contributed by atoms with E-state index in [-0.39, 0.29) is 29.3 Å². The molecule has 1 aromatic carbocycles. The number of carbonyl (C=O) groups excluding carboxylic acids is 2. The van der Waals surface area contributed by atoms with Crippen LogP contribution in [0.4, 0.5) is 0 Å². The van der Waals surface area contributed by atoms with Crippen molar-refractivity contribution in [1.82, 2.24) is 8.87 Å². The molecule has 10 heteroatoms. The third-order valence-corrected chi connectivity index (χ3v) is 8.06. The normalized spacial score (nSPS) is 15.2. The molecule has 2 heterocycles. The zero-order valence-electron chi connectivity index (χ0n) is 17.0. The van der Waals surface area contributed by atoms with Crippen molar-refractivity contribution in [2.75, 3.05) is 32.9 Å². The number of nitrogens with zero attached hydrogens (tertiary/aromatic N) is 2. The molecule has 1 saturated heterocycles. The van der Waals surface area contributed by atoms with E-state index in [0.29, 0.717) is 23.2 Å². The summed E-state index contributed by atoms with van der Waals surface area (Å²) in [7, 11) is -1.95. The molecule has 8 nitrogen and oxygen atoms in total. The lowest BCUT2D eigenvalue weighted by molar-refractivity contribution is 0.0474. The summed E-state index contributed by atoms with van der Waals surface area (Å²) in [5.74, 6) is -1.08. The first-order valence-corrected chi connectivity index (χ1v) is 11.6. The molecule has 0 unspecified atom stereocenters. The Balaban J connectivity index is 1.76. The van der Waals surface area contributed by atoms with E-state index >= 15 is 0 Å². The van der Waals surface area contributed by atoms with Crippen molar-refractivity contribution in [3.63, 3.8) is 0 Å². The zero-order valence-corrected chi connectivity index (χ0v) is 19.4. The van der Waals surface area contributed by atoms with Crippen molar-refractivity contribution in [1.29, 1.82) is 0 Å². The fourth-order valence-electron chi connectivity index (χ4n) is 3.18. The van der Waals surface area contributed by atoms with E-state index in [1.54, 1.807) is 6.07 Å². The minimum absolute atomic E-state index is 0.0281. The van der Waals surface area contributed by atoms with E-state index in [4.69, 9.17) is 9.47 Å². The van der Waals surface area contributed by atoms with Crippen LogP contribution in [0.25, 0.3) is 0 Å². The maximum Gasteiger partial charge on any atom is 0.338 e. The number of ketones is 1. The highest BCUT2D eigenvalue weighted by Gasteiger charge is 2.29. The van der Waals surface area contributed by atoms with Crippen LogP contribution in [0, 0.1) is 13.8 Å². The first-order valence-electron chi connectivity index (χ1n) is 9.33. The molecule has 0 N–H and O–H groups in total. The van der Waals surface area contributed by atoms with Gasteiger partial charge in [-0.3, -0.25) is 4.79 Å². The van der Waals surface area contributed by atoms with Gasteiger partial charge in [-0.05, 0) is 54.0 Å². The summed E-state index contributed by atoms with van der Waals surface area (Å²) in [6.07, 6.45) is 0. The Morgan fingerprint density at radius 2 is 1.83 bits per heavy atom. The number of esters is 1. The van der Waals surface area contributed by atoms with Crippen LogP contribution >= 0.6 is 15.9 Å².